The molecule has 17 heavy (non-hydrogen) atoms. The molecule has 6 heteroatoms. The number of nitrogens with zero attached hydrogens (tertiary/aromatic N) is 3. The summed E-state index contributed by atoms with van der Waals surface area (Å²) in [5.74, 6) is 9.15. The predicted molar refractivity (Wildman–Crippen MR) is 70.9 cm³/mol. The third-order valence-electron chi connectivity index (χ3n) is 3.34. The summed E-state index contributed by atoms with van der Waals surface area (Å²) in [6, 6.07) is 0. The minimum Gasteiger partial charge on any atom is -0.341 e. The lowest BCUT2D eigenvalue weighted by molar-refractivity contribution is 0.567. The van der Waals surface area contributed by atoms with Gasteiger partial charge in [-0.2, -0.15) is 16.7 Å². The summed E-state index contributed by atoms with van der Waals surface area (Å²) in [5.41, 5.74) is 5.05. The van der Waals surface area contributed by atoms with Gasteiger partial charge in [-0.15, -0.1) is 0 Å². The van der Waals surface area contributed by atoms with E-state index in [0.29, 0.717) is 0 Å². The van der Waals surface area contributed by atoms with Crippen molar-refractivity contribution in [1.29, 1.82) is 0 Å². The molecule has 0 aliphatic carbocycles. The number of anilines is 2. The highest BCUT2D eigenvalue weighted by molar-refractivity contribution is 7.98. The Morgan fingerprint density at radius 3 is 2.71 bits per heavy atom. The van der Waals surface area contributed by atoms with Crippen LogP contribution >= 0.6 is 11.8 Å². The number of piperidine rings is 1. The summed E-state index contributed by atoms with van der Waals surface area (Å²) in [4.78, 5) is 11.5. The van der Waals surface area contributed by atoms with E-state index in [-0.39, 0.29) is 0 Å². The average Bonchev–Trinajstić information content (AvgIpc) is 2.86. The highest BCUT2D eigenvalue weighted by Crippen LogP contribution is 2.34. The molecule has 0 spiro atoms. The number of hydrogen-bond donors (Lipinski definition) is 2. The van der Waals surface area contributed by atoms with Crippen LogP contribution in [0.4, 0.5) is 11.8 Å². The van der Waals surface area contributed by atoms with Crippen LogP contribution in [0, 0.1) is 0 Å². The summed E-state index contributed by atoms with van der Waals surface area (Å²) in [6.07, 6.45) is 3.79. The predicted octanol–water partition coefficient (Wildman–Crippen LogP) is 1.50. The van der Waals surface area contributed by atoms with E-state index in [1.54, 1.807) is 0 Å². The second kappa shape index (κ2) is 4.70. The SMILES string of the molecule is NNc1nc(N2CCCCC2)nc2c1CSC2. The van der Waals surface area contributed by atoms with E-state index in [1.165, 1.54) is 24.8 Å². The van der Waals surface area contributed by atoms with E-state index in [4.69, 9.17) is 5.84 Å². The van der Waals surface area contributed by atoms with E-state index in [0.717, 1.165) is 42.1 Å². The molecular formula is C11H17N5S. The molecule has 0 unspecified atom stereocenters. The van der Waals surface area contributed by atoms with Crippen molar-refractivity contribution in [2.45, 2.75) is 30.8 Å². The summed E-state index contributed by atoms with van der Waals surface area (Å²) in [5, 5.41) is 0. The van der Waals surface area contributed by atoms with Crippen molar-refractivity contribution in [3.8, 4) is 0 Å². The van der Waals surface area contributed by atoms with Gasteiger partial charge in [0.2, 0.25) is 5.95 Å². The second-order valence-electron chi connectivity index (χ2n) is 4.48. The molecule has 0 radical (unpaired) electrons. The Morgan fingerprint density at radius 2 is 1.94 bits per heavy atom. The van der Waals surface area contributed by atoms with Crippen LogP contribution < -0.4 is 16.2 Å². The molecule has 1 aromatic heterocycles. The fourth-order valence-corrected chi connectivity index (χ4v) is 3.43. The number of thioether (sulfide) groups is 1. The number of nitrogens with one attached hydrogen (secondary N) is 1. The molecule has 1 saturated heterocycles. The van der Waals surface area contributed by atoms with E-state index in [1.807, 2.05) is 11.8 Å². The van der Waals surface area contributed by atoms with Crippen molar-refractivity contribution in [3.63, 3.8) is 0 Å². The smallest absolute Gasteiger partial charge is 0.227 e. The Morgan fingerprint density at radius 1 is 1.12 bits per heavy atom. The average molecular weight is 251 g/mol. The Bertz CT molecular complexity index is 417. The summed E-state index contributed by atoms with van der Waals surface area (Å²) in [6.45, 7) is 2.13. The molecule has 3 rings (SSSR count). The molecule has 0 atom stereocenters. The largest absolute Gasteiger partial charge is 0.341 e. The van der Waals surface area contributed by atoms with Crippen molar-refractivity contribution in [1.82, 2.24) is 9.97 Å². The number of hydrazine groups is 1. The first-order valence-electron chi connectivity index (χ1n) is 6.07. The van der Waals surface area contributed by atoms with Gasteiger partial charge in [0.1, 0.15) is 5.82 Å². The molecule has 5 nitrogen and oxygen atoms in total. The lowest BCUT2D eigenvalue weighted by atomic mass is 10.1. The van der Waals surface area contributed by atoms with Gasteiger partial charge >= 0.3 is 0 Å². The van der Waals surface area contributed by atoms with Crippen LogP contribution in [0.5, 0.6) is 0 Å². The quantitative estimate of drug-likeness (QED) is 0.613. The van der Waals surface area contributed by atoms with Gasteiger partial charge in [-0.1, -0.05) is 0 Å². The van der Waals surface area contributed by atoms with Gasteiger partial charge in [0.15, 0.2) is 0 Å². The third-order valence-corrected chi connectivity index (χ3v) is 4.31. The fourth-order valence-electron chi connectivity index (χ4n) is 2.39. The van der Waals surface area contributed by atoms with Gasteiger partial charge in [-0.25, -0.2) is 10.8 Å². The number of fused-ring (bicyclic) bond motifs is 1. The maximum absolute atomic E-state index is 5.55. The zero-order chi connectivity index (χ0) is 11.7. The molecule has 3 N–H and O–H groups in total. The molecule has 2 aliphatic heterocycles. The number of nitrogen functional groups attached to an aromatic ring is 1. The minimum atomic E-state index is 0.806. The van der Waals surface area contributed by atoms with Crippen LogP contribution in [0.2, 0.25) is 0 Å². The van der Waals surface area contributed by atoms with Gasteiger partial charge < -0.3 is 10.3 Å². The molecule has 0 bridgehead atoms. The molecule has 0 amide bonds. The van der Waals surface area contributed by atoms with Gasteiger partial charge in [0.25, 0.3) is 0 Å². The molecule has 1 fully saturated rings. The Hall–Kier alpha value is -1.01. The topological polar surface area (TPSA) is 67.1 Å². The standard InChI is InChI=1S/C11H17N5S/c12-15-10-8-6-17-7-9(8)13-11(14-10)16-4-2-1-3-5-16/h1-7,12H2,(H,13,14,15). The fraction of sp³-hybridized carbons (Fsp3) is 0.636. The summed E-state index contributed by atoms with van der Waals surface area (Å²) in [7, 11) is 0. The summed E-state index contributed by atoms with van der Waals surface area (Å²) >= 11 is 1.87. The lowest BCUT2D eigenvalue weighted by Crippen LogP contribution is -2.31. The van der Waals surface area contributed by atoms with Gasteiger partial charge in [0.05, 0.1) is 5.69 Å². The Kier molecular flexibility index (Phi) is 3.07. The van der Waals surface area contributed by atoms with Crippen LogP contribution in [-0.4, -0.2) is 23.1 Å². The minimum absolute atomic E-state index is 0.806. The Balaban J connectivity index is 1.94. The Labute approximate surface area is 105 Å². The molecular weight excluding hydrogens is 234 g/mol. The van der Waals surface area contributed by atoms with Crippen molar-refractivity contribution in [3.05, 3.63) is 11.3 Å². The zero-order valence-electron chi connectivity index (χ0n) is 9.78. The van der Waals surface area contributed by atoms with Crippen LogP contribution in [0.25, 0.3) is 0 Å². The van der Waals surface area contributed by atoms with E-state index in [9.17, 15) is 0 Å². The van der Waals surface area contributed by atoms with Crippen molar-refractivity contribution in [2.75, 3.05) is 23.4 Å². The van der Waals surface area contributed by atoms with Gasteiger partial charge in [-0.3, -0.25) is 0 Å². The summed E-state index contributed by atoms with van der Waals surface area (Å²) < 4.78 is 0. The normalized spacial score (nSPS) is 19.2. The van der Waals surface area contributed by atoms with E-state index in [2.05, 4.69) is 20.3 Å². The monoisotopic (exact) mass is 251 g/mol. The van der Waals surface area contributed by atoms with E-state index >= 15 is 0 Å². The zero-order valence-corrected chi connectivity index (χ0v) is 10.6. The van der Waals surface area contributed by atoms with E-state index < -0.39 is 0 Å². The van der Waals surface area contributed by atoms with Gasteiger partial charge in [-0.05, 0) is 19.3 Å². The molecule has 0 aromatic carbocycles. The highest BCUT2D eigenvalue weighted by Gasteiger charge is 2.22. The maximum Gasteiger partial charge on any atom is 0.227 e. The van der Waals surface area contributed by atoms with Crippen molar-refractivity contribution in [2.24, 2.45) is 5.84 Å². The maximum atomic E-state index is 5.55. The van der Waals surface area contributed by atoms with Crippen LogP contribution in [0.1, 0.15) is 30.5 Å². The lowest BCUT2D eigenvalue weighted by Gasteiger charge is -2.27. The molecule has 0 saturated carbocycles. The van der Waals surface area contributed by atoms with Crippen molar-refractivity contribution < 1.29 is 0 Å². The van der Waals surface area contributed by atoms with Crippen LogP contribution in [-0.2, 0) is 11.5 Å². The highest BCUT2D eigenvalue weighted by atomic mass is 32.2. The second-order valence-corrected chi connectivity index (χ2v) is 5.47. The van der Waals surface area contributed by atoms with Crippen molar-refractivity contribution >= 4 is 23.5 Å². The van der Waals surface area contributed by atoms with Gasteiger partial charge in [0, 0.05) is 30.2 Å². The first-order valence-corrected chi connectivity index (χ1v) is 7.23. The molecule has 3 heterocycles. The van der Waals surface area contributed by atoms with Crippen LogP contribution in [0.3, 0.4) is 0 Å². The third kappa shape index (κ3) is 2.07. The molecule has 2 aliphatic rings. The number of nitrogens with two attached hydrogens (primary N) is 1. The molecule has 1 aromatic rings. The number of hydrogen-bond acceptors (Lipinski definition) is 6. The number of rotatable bonds is 2. The number of aromatic nitrogens is 2. The molecule has 92 valence electrons. The first-order chi connectivity index (χ1) is 8.38. The first kappa shape index (κ1) is 11.1. The van der Waals surface area contributed by atoms with Crippen LogP contribution in [0.15, 0.2) is 0 Å².